The number of alkyl carbamates (subject to hydrolysis) is 1. The topological polar surface area (TPSA) is 105 Å². The molecule has 1 aliphatic carbocycles. The molecule has 0 aromatic heterocycles. The Balaban J connectivity index is 1.41. The number of carboxylic acids is 1. The van der Waals surface area contributed by atoms with Crippen LogP contribution in [0.5, 0.6) is 0 Å². The Labute approximate surface area is 207 Å². The average Bonchev–Trinajstić information content (AvgIpc) is 3.14. The number of ether oxygens (including phenoxy) is 1. The highest BCUT2D eigenvalue weighted by Gasteiger charge is 2.29. The monoisotopic (exact) mass is 480 g/mol. The van der Waals surface area contributed by atoms with Crippen molar-refractivity contribution in [3.8, 4) is 11.1 Å². The van der Waals surface area contributed by atoms with Gasteiger partial charge in [0.25, 0.3) is 0 Å². The van der Waals surface area contributed by atoms with Gasteiger partial charge in [0.2, 0.25) is 5.91 Å². The lowest BCUT2D eigenvalue weighted by molar-refractivity contribution is -0.137. The predicted octanol–water partition coefficient (Wildman–Crippen LogP) is 5.09. The molecule has 0 radical (unpaired) electrons. The summed E-state index contributed by atoms with van der Waals surface area (Å²) >= 11 is 0. The highest BCUT2D eigenvalue weighted by molar-refractivity contribution is 5.79. The maximum absolute atomic E-state index is 12.4. The van der Waals surface area contributed by atoms with Crippen molar-refractivity contribution < 1.29 is 24.2 Å². The molecule has 3 N–H and O–H groups in total. The summed E-state index contributed by atoms with van der Waals surface area (Å²) in [5.74, 6) is -1.04. The quantitative estimate of drug-likeness (QED) is 0.392. The van der Waals surface area contributed by atoms with Gasteiger partial charge >= 0.3 is 12.1 Å². The van der Waals surface area contributed by atoms with Gasteiger partial charge < -0.3 is 20.5 Å². The average molecular weight is 481 g/mol. The zero-order valence-electron chi connectivity index (χ0n) is 20.8. The summed E-state index contributed by atoms with van der Waals surface area (Å²) in [7, 11) is 0. The van der Waals surface area contributed by atoms with Crippen LogP contribution in [0.2, 0.25) is 0 Å². The second kappa shape index (κ2) is 11.9. The number of hydrogen-bond acceptors (Lipinski definition) is 4. The molecule has 188 valence electrons. The lowest BCUT2D eigenvalue weighted by atomic mass is 9.84. The molecule has 0 spiro atoms. The molecule has 3 rings (SSSR count). The molecular weight excluding hydrogens is 444 g/mol. The number of carbonyl (C=O) groups excluding carboxylic acids is 2. The maximum atomic E-state index is 12.4. The Morgan fingerprint density at radius 1 is 1.00 bits per heavy atom. The second-order valence-corrected chi connectivity index (χ2v) is 9.94. The Kier molecular flexibility index (Phi) is 8.90. The van der Waals surface area contributed by atoms with E-state index in [0.717, 1.165) is 0 Å². The molecule has 0 aliphatic heterocycles. The minimum absolute atomic E-state index is 0.0242. The zero-order chi connectivity index (χ0) is 25.4. The molecule has 1 aliphatic rings. The van der Waals surface area contributed by atoms with Crippen LogP contribution in [0.3, 0.4) is 0 Å². The molecular formula is C28H36N2O5. The first-order valence-electron chi connectivity index (χ1n) is 12.3. The van der Waals surface area contributed by atoms with Crippen LogP contribution in [0.25, 0.3) is 11.1 Å². The van der Waals surface area contributed by atoms with E-state index in [4.69, 9.17) is 9.84 Å². The van der Waals surface area contributed by atoms with Crippen LogP contribution in [0.15, 0.2) is 48.5 Å². The van der Waals surface area contributed by atoms with Crippen molar-refractivity contribution in [1.29, 1.82) is 0 Å². The molecule has 0 unspecified atom stereocenters. The highest BCUT2D eigenvalue weighted by Crippen LogP contribution is 2.44. The van der Waals surface area contributed by atoms with E-state index in [9.17, 15) is 14.4 Å². The molecule has 1 atom stereocenters. The maximum Gasteiger partial charge on any atom is 0.407 e. The third kappa shape index (κ3) is 7.31. The summed E-state index contributed by atoms with van der Waals surface area (Å²) in [6.45, 7) is 6.68. The van der Waals surface area contributed by atoms with Gasteiger partial charge in [-0.1, -0.05) is 69.3 Å². The minimum Gasteiger partial charge on any atom is -0.481 e. The van der Waals surface area contributed by atoms with Gasteiger partial charge in [-0.25, -0.2) is 4.79 Å². The number of amides is 2. The largest absolute Gasteiger partial charge is 0.481 e. The van der Waals surface area contributed by atoms with Gasteiger partial charge in [-0.05, 0) is 46.9 Å². The molecule has 0 bridgehead atoms. The van der Waals surface area contributed by atoms with Crippen molar-refractivity contribution >= 4 is 18.0 Å². The number of rotatable bonds is 12. The van der Waals surface area contributed by atoms with Gasteiger partial charge in [-0.15, -0.1) is 0 Å². The molecule has 7 nitrogen and oxygen atoms in total. The Hall–Kier alpha value is -3.35. The van der Waals surface area contributed by atoms with E-state index >= 15 is 0 Å². The number of benzene rings is 2. The van der Waals surface area contributed by atoms with Crippen LogP contribution in [-0.2, 0) is 14.3 Å². The fourth-order valence-corrected chi connectivity index (χ4v) is 4.54. The lowest BCUT2D eigenvalue weighted by Crippen LogP contribution is -2.36. The summed E-state index contributed by atoms with van der Waals surface area (Å²) in [6.07, 6.45) is 1.70. The number of nitrogens with one attached hydrogen (secondary N) is 2. The van der Waals surface area contributed by atoms with Crippen LogP contribution in [0.4, 0.5) is 4.79 Å². The van der Waals surface area contributed by atoms with Crippen molar-refractivity contribution in [2.45, 2.75) is 64.8 Å². The molecule has 7 heteroatoms. The van der Waals surface area contributed by atoms with Crippen LogP contribution in [-0.4, -0.2) is 42.3 Å². The molecule has 0 fully saturated rings. The van der Waals surface area contributed by atoms with Crippen molar-refractivity contribution in [2.75, 3.05) is 13.2 Å². The van der Waals surface area contributed by atoms with Gasteiger partial charge in [-0.2, -0.15) is 0 Å². The van der Waals surface area contributed by atoms with E-state index in [2.05, 4.69) is 34.9 Å². The fraction of sp³-hybridized carbons (Fsp3) is 0.464. The SMILES string of the molecule is CC[C@@H](CC(=O)O)NC(=O)CCC(C)(C)CCNC(=O)OCC1c2ccccc2-c2ccccc21. The first-order chi connectivity index (χ1) is 16.7. The summed E-state index contributed by atoms with van der Waals surface area (Å²) in [6, 6.07) is 16.1. The summed E-state index contributed by atoms with van der Waals surface area (Å²) in [5, 5.41) is 14.5. The van der Waals surface area contributed by atoms with E-state index in [0.29, 0.717) is 32.2 Å². The number of fused-ring (bicyclic) bond motifs is 3. The number of hydrogen-bond donors (Lipinski definition) is 3. The smallest absolute Gasteiger partial charge is 0.407 e. The van der Waals surface area contributed by atoms with Crippen LogP contribution in [0.1, 0.15) is 69.9 Å². The van der Waals surface area contributed by atoms with Crippen LogP contribution < -0.4 is 10.6 Å². The first-order valence-corrected chi connectivity index (χ1v) is 12.3. The molecule has 0 saturated carbocycles. The molecule has 0 saturated heterocycles. The molecule has 2 aromatic carbocycles. The fourth-order valence-electron chi connectivity index (χ4n) is 4.54. The van der Waals surface area contributed by atoms with Crippen molar-refractivity contribution in [2.24, 2.45) is 5.41 Å². The van der Waals surface area contributed by atoms with Gasteiger partial charge in [0.15, 0.2) is 0 Å². The Morgan fingerprint density at radius 3 is 2.17 bits per heavy atom. The van der Waals surface area contributed by atoms with E-state index in [1.807, 2.05) is 45.0 Å². The third-order valence-electron chi connectivity index (χ3n) is 6.72. The van der Waals surface area contributed by atoms with E-state index in [-0.39, 0.29) is 36.3 Å². The van der Waals surface area contributed by atoms with Crippen LogP contribution in [0, 0.1) is 5.41 Å². The summed E-state index contributed by atoms with van der Waals surface area (Å²) in [5.41, 5.74) is 4.57. The normalized spacial score (nSPS) is 13.5. The summed E-state index contributed by atoms with van der Waals surface area (Å²) in [4.78, 5) is 35.5. The summed E-state index contributed by atoms with van der Waals surface area (Å²) < 4.78 is 5.58. The lowest BCUT2D eigenvalue weighted by Gasteiger charge is -2.25. The molecule has 35 heavy (non-hydrogen) atoms. The number of carboxylic acid groups (broad SMARTS) is 1. The van der Waals surface area contributed by atoms with Gasteiger partial charge in [0, 0.05) is 24.9 Å². The van der Waals surface area contributed by atoms with Crippen molar-refractivity contribution in [3.63, 3.8) is 0 Å². The van der Waals surface area contributed by atoms with Gasteiger partial charge in [0.1, 0.15) is 6.61 Å². The van der Waals surface area contributed by atoms with Crippen LogP contribution >= 0.6 is 0 Å². The van der Waals surface area contributed by atoms with E-state index < -0.39 is 12.1 Å². The Morgan fingerprint density at radius 2 is 1.60 bits per heavy atom. The number of carbonyl (C=O) groups is 3. The van der Waals surface area contributed by atoms with Crippen molar-refractivity contribution in [3.05, 3.63) is 59.7 Å². The molecule has 2 aromatic rings. The first kappa shape index (κ1) is 26.3. The van der Waals surface area contributed by atoms with Gasteiger partial charge in [0.05, 0.1) is 6.42 Å². The third-order valence-corrected chi connectivity index (χ3v) is 6.72. The van der Waals surface area contributed by atoms with Crippen molar-refractivity contribution in [1.82, 2.24) is 10.6 Å². The van der Waals surface area contributed by atoms with E-state index in [1.165, 1.54) is 22.3 Å². The second-order valence-electron chi connectivity index (χ2n) is 9.94. The molecule has 2 amide bonds. The Bertz CT molecular complexity index is 1000. The standard InChI is InChI=1S/C28H36N2O5/c1-4-19(17-26(32)33)30-25(31)13-14-28(2,3)15-16-29-27(34)35-18-24-22-11-7-5-9-20(22)21-10-6-8-12-23(21)24/h5-12,19,24H,4,13-18H2,1-3H3,(H,29,34)(H,30,31)(H,32,33)/t19-/m0/s1. The molecule has 0 heterocycles. The highest BCUT2D eigenvalue weighted by atomic mass is 16.5. The van der Waals surface area contributed by atoms with Gasteiger partial charge in [-0.3, -0.25) is 9.59 Å². The zero-order valence-corrected chi connectivity index (χ0v) is 20.8. The van der Waals surface area contributed by atoms with E-state index in [1.54, 1.807) is 0 Å². The number of aliphatic carboxylic acids is 1. The predicted molar refractivity (Wildman–Crippen MR) is 135 cm³/mol. The minimum atomic E-state index is -0.920.